The van der Waals surface area contributed by atoms with Crippen molar-refractivity contribution in [1.82, 2.24) is 36.5 Å². The number of thioether (sulfide) groups is 1. The van der Waals surface area contributed by atoms with E-state index in [1.807, 2.05) is 6.92 Å². The van der Waals surface area contributed by atoms with E-state index in [4.69, 9.17) is 11.5 Å². The third-order valence-electron chi connectivity index (χ3n) is 8.88. The number of aliphatic hydroxyl groups is 1. The fourth-order valence-corrected chi connectivity index (χ4v) is 7.58. The van der Waals surface area contributed by atoms with Gasteiger partial charge in [-0.05, 0) is 30.4 Å². The number of carbonyl (C=O) groups excluding carboxylic acids is 7. The van der Waals surface area contributed by atoms with Crippen LogP contribution < -0.4 is 38.1 Å². The zero-order valence-corrected chi connectivity index (χ0v) is 31.8. The largest absolute Gasteiger partial charge is 0.391 e. The molecule has 2 aromatic rings. The van der Waals surface area contributed by atoms with Gasteiger partial charge >= 0.3 is 0 Å². The second-order valence-electron chi connectivity index (χ2n) is 14.1. The highest BCUT2D eigenvalue weighted by Gasteiger charge is 2.45. The molecule has 53 heavy (non-hydrogen) atoms. The van der Waals surface area contributed by atoms with Crippen LogP contribution in [-0.4, -0.2) is 117 Å². The number of nitrogens with two attached hydrogens (primary N) is 2. The van der Waals surface area contributed by atoms with E-state index in [-0.39, 0.29) is 31.0 Å². The van der Waals surface area contributed by atoms with Crippen LogP contribution in [0.5, 0.6) is 0 Å². The van der Waals surface area contributed by atoms with Gasteiger partial charge in [-0.3, -0.25) is 33.6 Å². The van der Waals surface area contributed by atoms with Crippen molar-refractivity contribution in [3.8, 4) is 10.4 Å². The minimum Gasteiger partial charge on any atom is -0.391 e. The van der Waals surface area contributed by atoms with Crippen LogP contribution in [0.15, 0.2) is 29.8 Å². The molecule has 0 saturated carbocycles. The van der Waals surface area contributed by atoms with Gasteiger partial charge in [0.1, 0.15) is 36.3 Å². The van der Waals surface area contributed by atoms with Gasteiger partial charge in [0.2, 0.25) is 41.4 Å². The number of nitrogens with zero attached hydrogens (tertiary/aromatic N) is 2. The van der Waals surface area contributed by atoms with E-state index in [9.17, 15) is 38.7 Å². The lowest BCUT2D eigenvalue weighted by Crippen LogP contribution is -2.59. The topological polar surface area (TPSA) is 268 Å². The van der Waals surface area contributed by atoms with Crippen molar-refractivity contribution in [2.45, 2.75) is 83.4 Å². The Labute approximate surface area is 315 Å². The maximum atomic E-state index is 14.1. The standard InChI is InChI=1S/C34H47N9O8S2/c1-16-26(53-15-37-16)19-8-6-18(7-9-19)25-32(50)38-17(2)29(47)39-21(11-35)30(48)40-22(28(36)46)13-52-14-24(45)41-27(34(3,4)5)33(51)43-12-20(44)10-23(43)31(49)42-25/h6-9,15,17,20-23,25,27,44H,10-14,35H2,1-5H3,(H2,36,46)(H,38,50)(H,39,47)(H,40,48)(H,41,45)(H,42,49)/t17-,20-,21-,22-,23+,25-,27-/m1/s1. The van der Waals surface area contributed by atoms with E-state index in [0.717, 1.165) is 27.9 Å². The molecular formula is C34H47N9O8S2. The molecule has 4 rings (SSSR count). The molecule has 0 unspecified atom stereocenters. The van der Waals surface area contributed by atoms with Crippen LogP contribution in [0, 0.1) is 12.3 Å². The van der Waals surface area contributed by atoms with Gasteiger partial charge in [-0.25, -0.2) is 4.98 Å². The minimum absolute atomic E-state index is 0.118. The lowest BCUT2D eigenvalue weighted by atomic mass is 9.85. The summed E-state index contributed by atoms with van der Waals surface area (Å²) in [6.07, 6.45) is -1.20. The van der Waals surface area contributed by atoms with Gasteiger partial charge in [0.15, 0.2) is 0 Å². The van der Waals surface area contributed by atoms with E-state index in [0.29, 0.717) is 5.56 Å². The minimum atomic E-state index is -1.38. The fraction of sp³-hybridized carbons (Fsp3) is 0.529. The van der Waals surface area contributed by atoms with Crippen molar-refractivity contribution >= 4 is 64.4 Å². The number of benzene rings is 1. The molecule has 2 fully saturated rings. The fourth-order valence-electron chi connectivity index (χ4n) is 5.89. The van der Waals surface area contributed by atoms with E-state index >= 15 is 0 Å². The average molecular weight is 774 g/mol. The first-order valence-corrected chi connectivity index (χ1v) is 19.0. The molecule has 19 heteroatoms. The summed E-state index contributed by atoms with van der Waals surface area (Å²) >= 11 is 2.41. The van der Waals surface area contributed by atoms with Crippen molar-refractivity contribution in [2.75, 3.05) is 24.6 Å². The molecule has 0 aliphatic carbocycles. The van der Waals surface area contributed by atoms with Crippen LogP contribution >= 0.6 is 23.1 Å². The zero-order chi connectivity index (χ0) is 39.2. The highest BCUT2D eigenvalue weighted by atomic mass is 32.2. The van der Waals surface area contributed by atoms with Gasteiger partial charge < -0.3 is 48.1 Å². The molecular weight excluding hydrogens is 727 g/mol. The Kier molecular flexibility index (Phi) is 13.6. The number of fused-ring (bicyclic) bond motifs is 1. The number of amides is 7. The van der Waals surface area contributed by atoms with Crippen molar-refractivity contribution in [3.05, 3.63) is 41.0 Å². The Hall–Kier alpha value is -4.59. The summed E-state index contributed by atoms with van der Waals surface area (Å²) in [5.74, 6) is -5.57. The third kappa shape index (κ3) is 10.3. The Bertz CT molecular complexity index is 1710. The Morgan fingerprint density at radius 3 is 2.23 bits per heavy atom. The number of primary amides is 1. The van der Waals surface area contributed by atoms with E-state index in [2.05, 4.69) is 31.6 Å². The molecule has 3 heterocycles. The van der Waals surface area contributed by atoms with Crippen LogP contribution in [0.25, 0.3) is 10.4 Å². The average Bonchev–Trinajstić information content (AvgIpc) is 3.71. The number of aliphatic hydroxyl groups excluding tert-OH is 1. The number of carbonyl (C=O) groups is 7. The molecule has 7 amide bonds. The number of rotatable bonds is 4. The number of thiazole rings is 1. The lowest BCUT2D eigenvalue weighted by Gasteiger charge is -2.35. The molecule has 1 aromatic carbocycles. The van der Waals surface area contributed by atoms with Crippen LogP contribution in [0.2, 0.25) is 0 Å². The first-order chi connectivity index (χ1) is 24.9. The summed E-state index contributed by atoms with van der Waals surface area (Å²) in [6.45, 7) is 7.86. The number of hydrogen-bond acceptors (Lipinski definition) is 12. The SMILES string of the molecule is Cc1ncsc1-c1ccc([C@H]2NC(=O)[C@@H]3C[C@@H](O)CN3C(=O)[C@H](C(C)(C)C)NC(=O)CSC[C@H](C(N)=O)NC(=O)[C@@H](CN)NC(=O)[C@@H](C)NC2=O)cc1. The maximum absolute atomic E-state index is 14.1. The predicted molar refractivity (Wildman–Crippen MR) is 198 cm³/mol. The normalized spacial score (nSPS) is 27.4. The first kappa shape index (κ1) is 41.2. The van der Waals surface area contributed by atoms with Gasteiger partial charge in [0.05, 0.1) is 27.9 Å². The molecule has 17 nitrogen and oxygen atoms in total. The molecule has 10 N–H and O–H groups in total. The summed E-state index contributed by atoms with van der Waals surface area (Å²) in [5.41, 5.74) is 14.1. The van der Waals surface area contributed by atoms with Crippen LogP contribution in [0.3, 0.4) is 0 Å². The highest BCUT2D eigenvalue weighted by Crippen LogP contribution is 2.30. The number of nitrogens with one attached hydrogen (secondary N) is 5. The monoisotopic (exact) mass is 773 g/mol. The van der Waals surface area contributed by atoms with Gasteiger partial charge in [-0.2, -0.15) is 0 Å². The molecule has 0 radical (unpaired) electrons. The Balaban J connectivity index is 1.72. The summed E-state index contributed by atoms with van der Waals surface area (Å²) < 4.78 is 0. The van der Waals surface area contributed by atoms with Gasteiger partial charge in [-0.15, -0.1) is 23.1 Å². The summed E-state index contributed by atoms with van der Waals surface area (Å²) in [4.78, 5) is 100. The van der Waals surface area contributed by atoms with Crippen molar-refractivity contribution < 1.29 is 38.7 Å². The lowest BCUT2D eigenvalue weighted by molar-refractivity contribution is -0.144. The molecule has 288 valence electrons. The van der Waals surface area contributed by atoms with Crippen molar-refractivity contribution in [1.29, 1.82) is 0 Å². The van der Waals surface area contributed by atoms with Gasteiger partial charge in [0, 0.05) is 25.3 Å². The Morgan fingerprint density at radius 1 is 0.962 bits per heavy atom. The second kappa shape index (κ2) is 17.5. The Morgan fingerprint density at radius 2 is 1.64 bits per heavy atom. The second-order valence-corrected chi connectivity index (χ2v) is 16.0. The van der Waals surface area contributed by atoms with Crippen LogP contribution in [0.1, 0.15) is 51.4 Å². The molecule has 0 spiro atoms. The van der Waals surface area contributed by atoms with E-state index in [1.165, 1.54) is 23.2 Å². The molecule has 1 aromatic heterocycles. The van der Waals surface area contributed by atoms with Gasteiger partial charge in [0.25, 0.3) is 0 Å². The third-order valence-corrected chi connectivity index (χ3v) is 10.9. The maximum Gasteiger partial charge on any atom is 0.247 e. The van der Waals surface area contributed by atoms with Crippen LogP contribution in [-0.2, 0) is 33.6 Å². The molecule has 0 bridgehead atoms. The first-order valence-electron chi connectivity index (χ1n) is 17.0. The number of aryl methyl sites for hydroxylation is 1. The summed E-state index contributed by atoms with van der Waals surface area (Å²) in [6, 6.07) is -0.712. The van der Waals surface area contributed by atoms with Crippen molar-refractivity contribution in [3.63, 3.8) is 0 Å². The molecule has 2 aliphatic rings. The quantitative estimate of drug-likeness (QED) is 0.176. The highest BCUT2D eigenvalue weighted by molar-refractivity contribution is 8.00. The molecule has 2 aliphatic heterocycles. The zero-order valence-electron chi connectivity index (χ0n) is 30.1. The summed E-state index contributed by atoms with van der Waals surface area (Å²) in [7, 11) is 0. The van der Waals surface area contributed by atoms with E-state index < -0.39 is 89.1 Å². The smallest absolute Gasteiger partial charge is 0.247 e. The molecule has 7 atom stereocenters. The predicted octanol–water partition coefficient (Wildman–Crippen LogP) is -1.57. The van der Waals surface area contributed by atoms with E-state index in [1.54, 1.807) is 50.5 Å². The van der Waals surface area contributed by atoms with Crippen molar-refractivity contribution in [2.24, 2.45) is 16.9 Å². The number of hydrogen-bond donors (Lipinski definition) is 8. The van der Waals surface area contributed by atoms with Crippen LogP contribution in [0.4, 0.5) is 0 Å². The number of aromatic nitrogens is 1. The molecule has 2 saturated heterocycles. The summed E-state index contributed by atoms with van der Waals surface area (Å²) in [5, 5.41) is 23.6. The van der Waals surface area contributed by atoms with Gasteiger partial charge in [-0.1, -0.05) is 45.0 Å².